The molecule has 3 aliphatic rings. The van der Waals surface area contributed by atoms with Crippen LogP contribution in [-0.2, 0) is 0 Å². The van der Waals surface area contributed by atoms with Gasteiger partial charge in [-0.1, -0.05) is 12.1 Å². The molecule has 5 heteroatoms. The van der Waals surface area contributed by atoms with Crippen LogP contribution in [0.4, 0.5) is 11.4 Å². The standard InChI is InChI=1S/C21H22N2O3/c1-26-16-4-2-3-14(10-16)21-20-13-6-5-12(9-13)19(20)17-11-15(23(24)25)7-8-18(17)22-21/h2-4,7-8,10-13,19-22H,5-6,9H2,1H3/t12-,13-,19-,20-,21-/m0/s1. The van der Waals surface area contributed by atoms with Crippen LogP contribution in [0.2, 0.25) is 0 Å². The van der Waals surface area contributed by atoms with E-state index in [-0.39, 0.29) is 16.7 Å². The summed E-state index contributed by atoms with van der Waals surface area (Å²) in [7, 11) is 1.70. The second-order valence-corrected chi connectivity index (χ2v) is 7.86. The Hall–Kier alpha value is -2.56. The molecule has 0 aromatic heterocycles. The number of ether oxygens (including phenoxy) is 1. The van der Waals surface area contributed by atoms with Crippen LogP contribution in [0.3, 0.4) is 0 Å². The van der Waals surface area contributed by atoms with Crippen molar-refractivity contribution in [2.75, 3.05) is 12.4 Å². The lowest BCUT2D eigenvalue weighted by molar-refractivity contribution is -0.384. The number of nitro groups is 1. The Balaban J connectivity index is 1.62. The average molecular weight is 350 g/mol. The molecule has 1 heterocycles. The number of non-ortho nitro benzene ring substituents is 1. The Kier molecular flexibility index (Phi) is 3.45. The van der Waals surface area contributed by atoms with E-state index in [2.05, 4.69) is 17.4 Å². The molecule has 26 heavy (non-hydrogen) atoms. The second kappa shape index (κ2) is 5.73. The van der Waals surface area contributed by atoms with E-state index in [1.54, 1.807) is 13.2 Å². The van der Waals surface area contributed by atoms with Crippen molar-refractivity contribution in [1.82, 2.24) is 0 Å². The molecule has 0 unspecified atom stereocenters. The van der Waals surface area contributed by atoms with E-state index in [0.717, 1.165) is 17.0 Å². The molecule has 2 fully saturated rings. The molecule has 5 rings (SSSR count). The minimum Gasteiger partial charge on any atom is -0.497 e. The molecule has 1 aliphatic heterocycles. The smallest absolute Gasteiger partial charge is 0.269 e. The number of hydrogen-bond donors (Lipinski definition) is 1. The number of nitrogens with zero attached hydrogens (tertiary/aromatic N) is 1. The maximum absolute atomic E-state index is 11.3. The highest BCUT2D eigenvalue weighted by molar-refractivity contribution is 5.62. The van der Waals surface area contributed by atoms with Gasteiger partial charge in [-0.15, -0.1) is 0 Å². The van der Waals surface area contributed by atoms with E-state index in [9.17, 15) is 10.1 Å². The fourth-order valence-corrected chi connectivity index (χ4v) is 5.75. The van der Waals surface area contributed by atoms with Crippen LogP contribution in [0.5, 0.6) is 5.75 Å². The molecule has 1 N–H and O–H groups in total. The summed E-state index contributed by atoms with van der Waals surface area (Å²) in [4.78, 5) is 11.0. The summed E-state index contributed by atoms with van der Waals surface area (Å²) in [6, 6.07) is 13.9. The van der Waals surface area contributed by atoms with Crippen molar-refractivity contribution < 1.29 is 9.66 Å². The molecule has 2 bridgehead atoms. The number of nitro benzene ring substituents is 1. The van der Waals surface area contributed by atoms with Crippen LogP contribution in [0, 0.1) is 27.9 Å². The van der Waals surface area contributed by atoms with Crippen LogP contribution < -0.4 is 10.1 Å². The van der Waals surface area contributed by atoms with Crippen LogP contribution in [0.25, 0.3) is 0 Å². The van der Waals surface area contributed by atoms with Crippen molar-refractivity contribution in [2.45, 2.75) is 31.2 Å². The Morgan fingerprint density at radius 1 is 1.15 bits per heavy atom. The Morgan fingerprint density at radius 2 is 2.00 bits per heavy atom. The van der Waals surface area contributed by atoms with E-state index in [1.165, 1.54) is 24.8 Å². The highest BCUT2D eigenvalue weighted by Gasteiger charge is 2.54. The van der Waals surface area contributed by atoms with Gasteiger partial charge in [-0.3, -0.25) is 10.1 Å². The van der Waals surface area contributed by atoms with E-state index in [4.69, 9.17) is 4.74 Å². The molecule has 0 spiro atoms. The minimum absolute atomic E-state index is 0.201. The molecule has 2 aromatic rings. The maximum atomic E-state index is 11.3. The van der Waals surface area contributed by atoms with Gasteiger partial charge in [0, 0.05) is 17.8 Å². The van der Waals surface area contributed by atoms with Gasteiger partial charge < -0.3 is 10.1 Å². The number of hydrogen-bond acceptors (Lipinski definition) is 4. The van der Waals surface area contributed by atoms with Crippen LogP contribution >= 0.6 is 0 Å². The number of anilines is 1. The van der Waals surface area contributed by atoms with E-state index in [0.29, 0.717) is 23.7 Å². The van der Waals surface area contributed by atoms with Gasteiger partial charge in [-0.2, -0.15) is 0 Å². The third-order valence-corrected chi connectivity index (χ3v) is 6.73. The first-order valence-corrected chi connectivity index (χ1v) is 9.34. The summed E-state index contributed by atoms with van der Waals surface area (Å²) < 4.78 is 5.43. The number of nitrogens with one attached hydrogen (secondary N) is 1. The van der Waals surface area contributed by atoms with Crippen molar-refractivity contribution in [3.63, 3.8) is 0 Å². The van der Waals surface area contributed by atoms with Crippen molar-refractivity contribution in [3.8, 4) is 5.75 Å². The van der Waals surface area contributed by atoms with Gasteiger partial charge in [-0.25, -0.2) is 0 Å². The molecule has 134 valence electrons. The summed E-state index contributed by atoms with van der Waals surface area (Å²) in [6.45, 7) is 0. The van der Waals surface area contributed by atoms with E-state index in [1.807, 2.05) is 24.3 Å². The number of fused-ring (bicyclic) bond motifs is 7. The topological polar surface area (TPSA) is 64.4 Å². The predicted molar refractivity (Wildman–Crippen MR) is 99.5 cm³/mol. The summed E-state index contributed by atoms with van der Waals surface area (Å²) in [5.74, 6) is 3.14. The molecule has 0 amide bonds. The van der Waals surface area contributed by atoms with Gasteiger partial charge >= 0.3 is 0 Å². The van der Waals surface area contributed by atoms with Crippen molar-refractivity contribution >= 4 is 11.4 Å². The zero-order valence-corrected chi connectivity index (χ0v) is 14.7. The fourth-order valence-electron chi connectivity index (χ4n) is 5.75. The lowest BCUT2D eigenvalue weighted by atomic mass is 9.68. The van der Waals surface area contributed by atoms with Gasteiger partial charge in [0.25, 0.3) is 5.69 Å². The van der Waals surface area contributed by atoms with Crippen molar-refractivity contribution in [1.29, 1.82) is 0 Å². The normalized spacial score (nSPS) is 31.0. The molecule has 2 aromatic carbocycles. The van der Waals surface area contributed by atoms with E-state index < -0.39 is 0 Å². The average Bonchev–Trinajstić information content (AvgIpc) is 3.29. The summed E-state index contributed by atoms with van der Waals surface area (Å²) in [5.41, 5.74) is 3.65. The molecule has 0 radical (unpaired) electrons. The molecular formula is C21H22N2O3. The third kappa shape index (κ3) is 2.23. The Morgan fingerprint density at radius 3 is 2.81 bits per heavy atom. The monoisotopic (exact) mass is 350 g/mol. The molecule has 5 atom stereocenters. The number of rotatable bonds is 3. The van der Waals surface area contributed by atoms with Crippen molar-refractivity contribution in [3.05, 3.63) is 63.7 Å². The van der Waals surface area contributed by atoms with Gasteiger partial charge in [-0.05, 0) is 72.3 Å². The first-order chi connectivity index (χ1) is 12.7. The van der Waals surface area contributed by atoms with Crippen LogP contribution in [-0.4, -0.2) is 12.0 Å². The first-order valence-electron chi connectivity index (χ1n) is 9.34. The van der Waals surface area contributed by atoms with Gasteiger partial charge in [0.1, 0.15) is 5.75 Å². The second-order valence-electron chi connectivity index (χ2n) is 7.86. The summed E-state index contributed by atoms with van der Waals surface area (Å²) in [5, 5.41) is 15.0. The first kappa shape index (κ1) is 15.7. The zero-order chi connectivity index (χ0) is 17.8. The number of benzene rings is 2. The quantitative estimate of drug-likeness (QED) is 0.632. The lowest BCUT2D eigenvalue weighted by Gasteiger charge is -2.43. The molecular weight excluding hydrogens is 328 g/mol. The Bertz CT molecular complexity index is 881. The van der Waals surface area contributed by atoms with Gasteiger partial charge in [0.2, 0.25) is 0 Å². The highest BCUT2D eigenvalue weighted by Crippen LogP contribution is 2.64. The van der Waals surface area contributed by atoms with Gasteiger partial charge in [0.05, 0.1) is 18.1 Å². The number of methoxy groups -OCH3 is 1. The summed E-state index contributed by atoms with van der Waals surface area (Å²) in [6.07, 6.45) is 3.77. The molecule has 5 nitrogen and oxygen atoms in total. The largest absolute Gasteiger partial charge is 0.497 e. The molecule has 2 saturated carbocycles. The SMILES string of the molecule is COc1cccc([C@@H]2Nc3ccc([N+](=O)[O-])cc3[C@@H]3[C@H]4CC[C@@H](C4)[C@@H]32)c1. The van der Waals surface area contributed by atoms with Crippen LogP contribution in [0.15, 0.2) is 42.5 Å². The van der Waals surface area contributed by atoms with Gasteiger partial charge in [0.15, 0.2) is 0 Å². The molecule has 2 aliphatic carbocycles. The van der Waals surface area contributed by atoms with E-state index >= 15 is 0 Å². The minimum atomic E-state index is -0.281. The van der Waals surface area contributed by atoms with Crippen molar-refractivity contribution in [2.24, 2.45) is 17.8 Å². The van der Waals surface area contributed by atoms with Crippen LogP contribution in [0.1, 0.15) is 42.3 Å². The fraction of sp³-hybridized carbons (Fsp3) is 0.429. The maximum Gasteiger partial charge on any atom is 0.269 e. The third-order valence-electron chi connectivity index (χ3n) is 6.73. The Labute approximate surface area is 152 Å². The highest BCUT2D eigenvalue weighted by atomic mass is 16.6. The predicted octanol–water partition coefficient (Wildman–Crippen LogP) is 4.90. The molecule has 0 saturated heterocycles. The lowest BCUT2D eigenvalue weighted by Crippen LogP contribution is -2.35. The summed E-state index contributed by atoms with van der Waals surface area (Å²) >= 11 is 0. The zero-order valence-electron chi connectivity index (χ0n) is 14.7.